The molecule has 3 aliphatic rings. The molecule has 0 saturated carbocycles. The standard InChI is InChI=1S/C68H48N2O3/c1-66(2)50-34-39(23-26-43(50)57-52(66)36-47(37-29-31-69-32-30-37)64-59(57)45-17-9-13-21-54(45)72-64)70(38-25-28-56-48(33-38)41-15-8-12-20-53(41)71-56)40-24-27-44-51(35-40)68(5,6)63-61(44)65-60(46-18-10-14-22-55(46)73-65)58-42-16-7-11-19-49(42)67(3,4)62(58)63/h7-36H,1-6H3. The Morgan fingerprint density at radius 1 is 0.356 bits per heavy atom. The highest BCUT2D eigenvalue weighted by Crippen LogP contribution is 2.64. The summed E-state index contributed by atoms with van der Waals surface area (Å²) in [5.74, 6) is 0. The molecule has 0 spiro atoms. The first kappa shape index (κ1) is 41.0. The minimum atomic E-state index is -0.375. The van der Waals surface area contributed by atoms with Gasteiger partial charge >= 0.3 is 0 Å². The van der Waals surface area contributed by atoms with Gasteiger partial charge in [-0.1, -0.05) is 133 Å². The van der Waals surface area contributed by atoms with E-state index in [4.69, 9.17) is 13.3 Å². The van der Waals surface area contributed by atoms with Gasteiger partial charge in [-0.2, -0.15) is 0 Å². The predicted octanol–water partition coefficient (Wildman–Crippen LogP) is 18.8. The van der Waals surface area contributed by atoms with Crippen LogP contribution in [0.3, 0.4) is 0 Å². The third-order valence-electron chi connectivity index (χ3n) is 17.3. The van der Waals surface area contributed by atoms with Crippen molar-refractivity contribution in [2.75, 3.05) is 4.90 Å². The largest absolute Gasteiger partial charge is 0.456 e. The van der Waals surface area contributed by atoms with E-state index in [1.54, 1.807) is 0 Å². The van der Waals surface area contributed by atoms with E-state index in [-0.39, 0.29) is 16.2 Å². The van der Waals surface area contributed by atoms with Gasteiger partial charge in [0.25, 0.3) is 0 Å². The molecule has 9 aromatic carbocycles. The lowest BCUT2D eigenvalue weighted by Crippen LogP contribution is -2.24. The van der Waals surface area contributed by atoms with Crippen LogP contribution in [-0.2, 0) is 16.2 Å². The summed E-state index contributed by atoms with van der Waals surface area (Å²) in [5.41, 5.74) is 25.4. The van der Waals surface area contributed by atoms with Crippen LogP contribution in [0.15, 0.2) is 196 Å². The molecule has 0 aliphatic heterocycles. The van der Waals surface area contributed by atoms with Crippen molar-refractivity contribution >= 4 is 82.9 Å². The van der Waals surface area contributed by atoms with Crippen LogP contribution in [0, 0.1) is 0 Å². The van der Waals surface area contributed by atoms with Crippen molar-refractivity contribution in [3.63, 3.8) is 0 Å². The van der Waals surface area contributed by atoms with Gasteiger partial charge in [0.05, 0.1) is 0 Å². The molecule has 0 fully saturated rings. The van der Waals surface area contributed by atoms with Gasteiger partial charge < -0.3 is 18.2 Å². The first-order chi connectivity index (χ1) is 35.5. The third kappa shape index (κ3) is 5.19. The minimum Gasteiger partial charge on any atom is -0.456 e. The Kier molecular flexibility index (Phi) is 7.77. The van der Waals surface area contributed by atoms with Crippen LogP contribution in [0.4, 0.5) is 17.1 Å². The molecule has 5 nitrogen and oxygen atoms in total. The Morgan fingerprint density at radius 3 is 1.58 bits per heavy atom. The van der Waals surface area contributed by atoms with Crippen LogP contribution in [0.2, 0.25) is 0 Å². The van der Waals surface area contributed by atoms with Crippen molar-refractivity contribution in [3.05, 3.63) is 216 Å². The summed E-state index contributed by atoms with van der Waals surface area (Å²) in [5, 5.41) is 6.85. The normalized spacial score (nSPS) is 15.3. The highest BCUT2D eigenvalue weighted by molar-refractivity contribution is 6.22. The Morgan fingerprint density at radius 2 is 0.863 bits per heavy atom. The number of furan rings is 3. The summed E-state index contributed by atoms with van der Waals surface area (Å²) in [6, 6.07) is 62.0. The SMILES string of the molecule is CC1(C)c2cc(N(c3ccc4c(c3)C(C)(C)c3c5c(c6c(oc7ccccc76)c3-4)-c3ccccc3C5(C)C)c3ccc4oc5ccccc5c4c3)ccc2-c2c1cc(-c1ccncc1)c1oc3ccccc3c21. The molecule has 4 aromatic heterocycles. The van der Waals surface area contributed by atoms with Crippen molar-refractivity contribution in [2.24, 2.45) is 0 Å². The maximum atomic E-state index is 7.08. The lowest BCUT2D eigenvalue weighted by molar-refractivity contribution is 0.600. The van der Waals surface area contributed by atoms with Crippen molar-refractivity contribution in [3.8, 4) is 44.5 Å². The van der Waals surface area contributed by atoms with E-state index in [1.165, 1.54) is 72.1 Å². The number of anilines is 3. The first-order valence-electron chi connectivity index (χ1n) is 25.5. The number of hydrogen-bond acceptors (Lipinski definition) is 5. The lowest BCUT2D eigenvalue weighted by Gasteiger charge is -2.32. The molecule has 0 N–H and O–H groups in total. The second-order valence-corrected chi connectivity index (χ2v) is 22.2. The molecule has 13 aromatic rings. The second-order valence-electron chi connectivity index (χ2n) is 22.2. The topological polar surface area (TPSA) is 55.6 Å². The zero-order valence-electron chi connectivity index (χ0n) is 41.4. The number of fused-ring (bicyclic) bond motifs is 22. The summed E-state index contributed by atoms with van der Waals surface area (Å²) in [4.78, 5) is 6.84. The Balaban J connectivity index is 0.938. The molecule has 0 unspecified atom stereocenters. The summed E-state index contributed by atoms with van der Waals surface area (Å²) in [6.07, 6.45) is 3.73. The van der Waals surface area contributed by atoms with E-state index in [0.717, 1.165) is 88.6 Å². The van der Waals surface area contributed by atoms with E-state index in [1.807, 2.05) is 18.5 Å². The zero-order valence-corrected chi connectivity index (χ0v) is 41.4. The Bertz CT molecular complexity index is 4600. The van der Waals surface area contributed by atoms with E-state index in [2.05, 4.69) is 215 Å². The van der Waals surface area contributed by atoms with Crippen LogP contribution in [-0.4, -0.2) is 4.98 Å². The van der Waals surface area contributed by atoms with Crippen LogP contribution < -0.4 is 4.90 Å². The number of rotatable bonds is 4. The molecule has 0 radical (unpaired) electrons. The summed E-state index contributed by atoms with van der Waals surface area (Å²) >= 11 is 0. The number of para-hydroxylation sites is 3. The number of aromatic nitrogens is 1. The fourth-order valence-corrected chi connectivity index (χ4v) is 13.9. The maximum Gasteiger partial charge on any atom is 0.144 e. The van der Waals surface area contributed by atoms with Crippen molar-refractivity contribution < 1.29 is 13.3 Å². The number of nitrogens with zero attached hydrogens (tertiary/aromatic N) is 2. The van der Waals surface area contributed by atoms with E-state index >= 15 is 0 Å². The summed E-state index contributed by atoms with van der Waals surface area (Å²) in [7, 11) is 0. The third-order valence-corrected chi connectivity index (χ3v) is 17.3. The number of hydrogen-bond donors (Lipinski definition) is 0. The zero-order chi connectivity index (χ0) is 48.9. The van der Waals surface area contributed by atoms with E-state index in [0.29, 0.717) is 0 Å². The van der Waals surface area contributed by atoms with Gasteiger partial charge in [-0.3, -0.25) is 4.98 Å². The van der Waals surface area contributed by atoms with Crippen LogP contribution in [0.1, 0.15) is 74.9 Å². The predicted molar refractivity (Wildman–Crippen MR) is 299 cm³/mol. The molecule has 0 amide bonds. The summed E-state index contributed by atoms with van der Waals surface area (Å²) < 4.78 is 20.3. The highest BCUT2D eigenvalue weighted by atomic mass is 16.3. The smallest absolute Gasteiger partial charge is 0.144 e. The van der Waals surface area contributed by atoms with Gasteiger partial charge in [0.2, 0.25) is 0 Å². The molecule has 3 aliphatic carbocycles. The quantitative estimate of drug-likeness (QED) is 0.176. The van der Waals surface area contributed by atoms with Crippen molar-refractivity contribution in [2.45, 2.75) is 57.8 Å². The van der Waals surface area contributed by atoms with E-state index < -0.39 is 0 Å². The molecular formula is C68H48N2O3. The van der Waals surface area contributed by atoms with Crippen molar-refractivity contribution in [1.29, 1.82) is 0 Å². The lowest BCUT2D eigenvalue weighted by atomic mass is 9.72. The van der Waals surface area contributed by atoms with Crippen LogP contribution in [0.25, 0.3) is 110 Å². The molecule has 348 valence electrons. The maximum absolute atomic E-state index is 7.08. The van der Waals surface area contributed by atoms with Crippen LogP contribution >= 0.6 is 0 Å². The first-order valence-corrected chi connectivity index (χ1v) is 25.5. The molecular weight excluding hydrogens is 893 g/mol. The molecule has 16 rings (SSSR count). The molecule has 73 heavy (non-hydrogen) atoms. The fraction of sp³-hybridized carbons (Fsp3) is 0.132. The molecule has 4 heterocycles. The van der Waals surface area contributed by atoms with Gasteiger partial charge in [0.15, 0.2) is 0 Å². The average molecular weight is 941 g/mol. The minimum absolute atomic E-state index is 0.234. The number of benzene rings is 9. The van der Waals surface area contributed by atoms with E-state index in [9.17, 15) is 0 Å². The molecule has 5 heteroatoms. The van der Waals surface area contributed by atoms with Gasteiger partial charge in [-0.25, -0.2) is 0 Å². The molecule has 0 atom stereocenters. The van der Waals surface area contributed by atoms with Gasteiger partial charge in [0.1, 0.15) is 33.5 Å². The van der Waals surface area contributed by atoms with Crippen LogP contribution in [0.5, 0.6) is 0 Å². The monoisotopic (exact) mass is 940 g/mol. The fourth-order valence-electron chi connectivity index (χ4n) is 13.9. The molecule has 0 bridgehead atoms. The summed E-state index contributed by atoms with van der Waals surface area (Å²) in [6.45, 7) is 14.5. The van der Waals surface area contributed by atoms with Crippen molar-refractivity contribution in [1.82, 2.24) is 4.98 Å². The second kappa shape index (κ2) is 13.8. The van der Waals surface area contributed by atoms with Gasteiger partial charge in [-0.15, -0.1) is 0 Å². The Labute approximate surface area is 421 Å². The Hall–Kier alpha value is -8.67. The van der Waals surface area contributed by atoms with Gasteiger partial charge in [-0.05, 0) is 146 Å². The number of pyridine rings is 1. The average Bonchev–Trinajstić information content (AvgIpc) is 4.23. The van der Waals surface area contributed by atoms with Gasteiger partial charge in [0, 0.05) is 89.1 Å². The highest BCUT2D eigenvalue weighted by Gasteiger charge is 2.49. The molecule has 0 saturated heterocycles.